The van der Waals surface area contributed by atoms with Gasteiger partial charge >= 0.3 is 0 Å². The zero-order valence-electron chi connectivity index (χ0n) is 15.6. The predicted octanol–water partition coefficient (Wildman–Crippen LogP) is 1.90. The first-order chi connectivity index (χ1) is 13.4. The van der Waals surface area contributed by atoms with Crippen molar-refractivity contribution in [1.82, 2.24) is 25.2 Å². The average molecular weight is 391 g/mol. The zero-order chi connectivity index (χ0) is 20.1. The molecule has 2 amide bonds. The van der Waals surface area contributed by atoms with Crippen LogP contribution in [0, 0.1) is 0 Å². The monoisotopic (exact) mass is 391 g/mol. The van der Waals surface area contributed by atoms with Gasteiger partial charge < -0.3 is 10.2 Å². The molecule has 1 atom stereocenters. The van der Waals surface area contributed by atoms with E-state index in [0.717, 1.165) is 12.0 Å². The summed E-state index contributed by atoms with van der Waals surface area (Å²) in [6, 6.07) is 9.06. The molecule has 2 aromatic rings. The molecule has 0 bridgehead atoms. The molecule has 1 N–H and O–H groups in total. The summed E-state index contributed by atoms with van der Waals surface area (Å²) in [5.74, 6) is -3.62. The Morgan fingerprint density at radius 1 is 1.29 bits per heavy atom. The molecule has 0 spiro atoms. The van der Waals surface area contributed by atoms with E-state index >= 15 is 0 Å². The first kappa shape index (κ1) is 19.9. The Hall–Kier alpha value is -2.84. The summed E-state index contributed by atoms with van der Waals surface area (Å²) < 4.78 is 29.3. The highest BCUT2D eigenvalue weighted by molar-refractivity contribution is 5.91. The third-order valence-electron chi connectivity index (χ3n) is 4.79. The lowest BCUT2D eigenvalue weighted by Crippen LogP contribution is -2.38. The Kier molecular flexibility index (Phi) is 6.01. The summed E-state index contributed by atoms with van der Waals surface area (Å²) >= 11 is 0. The van der Waals surface area contributed by atoms with Crippen LogP contribution in [0.1, 0.15) is 35.3 Å². The van der Waals surface area contributed by atoms with Gasteiger partial charge in [0.1, 0.15) is 0 Å². The highest BCUT2D eigenvalue weighted by Gasteiger charge is 2.46. The van der Waals surface area contributed by atoms with Crippen LogP contribution in [0.4, 0.5) is 8.78 Å². The highest BCUT2D eigenvalue weighted by Crippen LogP contribution is 2.33. The first-order valence-electron chi connectivity index (χ1n) is 9.21. The fraction of sp³-hybridized carbons (Fsp3) is 0.474. The molecule has 1 aliphatic rings. The Morgan fingerprint density at radius 3 is 2.75 bits per heavy atom. The van der Waals surface area contributed by atoms with Gasteiger partial charge in [-0.25, -0.2) is 13.5 Å². The van der Waals surface area contributed by atoms with Gasteiger partial charge in [0.15, 0.2) is 5.69 Å². The number of halogens is 2. The van der Waals surface area contributed by atoms with Crippen molar-refractivity contribution in [2.75, 3.05) is 13.6 Å². The maximum atomic E-state index is 14.0. The summed E-state index contributed by atoms with van der Waals surface area (Å²) in [6.07, 6.45) is 2.50. The van der Waals surface area contributed by atoms with Gasteiger partial charge in [0.25, 0.3) is 11.8 Å². The number of rotatable bonds is 7. The smallest absolute Gasteiger partial charge is 0.273 e. The number of likely N-dealkylation sites (tertiary alicyclic amines) is 1. The van der Waals surface area contributed by atoms with Crippen molar-refractivity contribution in [3.05, 3.63) is 47.8 Å². The third-order valence-corrected chi connectivity index (χ3v) is 4.79. The first-order valence-corrected chi connectivity index (χ1v) is 9.21. The molecule has 28 heavy (non-hydrogen) atoms. The largest absolute Gasteiger partial charge is 0.354 e. The van der Waals surface area contributed by atoms with Crippen molar-refractivity contribution in [3.8, 4) is 0 Å². The molecule has 0 radical (unpaired) electrons. The average Bonchev–Trinajstić information content (AvgIpc) is 3.26. The molecule has 1 saturated heterocycles. The molecule has 0 saturated carbocycles. The number of benzene rings is 1. The fourth-order valence-electron chi connectivity index (χ4n) is 3.42. The van der Waals surface area contributed by atoms with Gasteiger partial charge in [0.05, 0.1) is 25.3 Å². The van der Waals surface area contributed by atoms with Gasteiger partial charge in [-0.05, 0) is 18.4 Å². The number of hydrogen-bond acceptors (Lipinski definition) is 4. The Labute approximate surface area is 161 Å². The third kappa shape index (κ3) is 4.90. The van der Waals surface area contributed by atoms with E-state index in [1.807, 2.05) is 30.3 Å². The van der Waals surface area contributed by atoms with Crippen molar-refractivity contribution in [2.24, 2.45) is 0 Å². The van der Waals surface area contributed by atoms with Crippen LogP contribution < -0.4 is 5.32 Å². The number of nitrogens with zero attached hydrogens (tertiary/aromatic N) is 4. The van der Waals surface area contributed by atoms with E-state index in [1.54, 1.807) is 0 Å². The van der Waals surface area contributed by atoms with E-state index in [4.69, 9.17) is 0 Å². The van der Waals surface area contributed by atoms with Gasteiger partial charge in [0, 0.05) is 19.9 Å². The van der Waals surface area contributed by atoms with Crippen LogP contribution in [0.2, 0.25) is 0 Å². The fourth-order valence-corrected chi connectivity index (χ4v) is 3.42. The quantitative estimate of drug-likeness (QED) is 0.782. The number of aryl methyl sites for hydroxylation is 1. The minimum absolute atomic E-state index is 0.0734. The molecule has 1 aromatic heterocycles. The van der Waals surface area contributed by atoms with Gasteiger partial charge in [-0.15, -0.1) is 5.10 Å². The van der Waals surface area contributed by atoms with Crippen LogP contribution in [-0.2, 0) is 17.8 Å². The molecule has 1 unspecified atom stereocenters. The van der Waals surface area contributed by atoms with Crippen LogP contribution >= 0.6 is 0 Å². The number of nitrogens with one attached hydrogen (secondary N) is 1. The molecule has 1 fully saturated rings. The highest BCUT2D eigenvalue weighted by atomic mass is 19.3. The van der Waals surface area contributed by atoms with Crippen molar-refractivity contribution < 1.29 is 18.4 Å². The minimum Gasteiger partial charge on any atom is -0.354 e. The lowest BCUT2D eigenvalue weighted by atomic mass is 10.1. The van der Waals surface area contributed by atoms with Crippen LogP contribution in [0.3, 0.4) is 0 Å². The van der Waals surface area contributed by atoms with Crippen LogP contribution in [0.15, 0.2) is 36.5 Å². The molecule has 1 aromatic carbocycles. The maximum absolute atomic E-state index is 14.0. The van der Waals surface area contributed by atoms with Crippen molar-refractivity contribution >= 4 is 11.8 Å². The van der Waals surface area contributed by atoms with E-state index in [1.165, 1.54) is 22.8 Å². The van der Waals surface area contributed by atoms with Gasteiger partial charge in [0.2, 0.25) is 5.91 Å². The molecule has 2 heterocycles. The van der Waals surface area contributed by atoms with Crippen LogP contribution in [-0.4, -0.2) is 57.3 Å². The minimum atomic E-state index is -2.93. The van der Waals surface area contributed by atoms with Crippen molar-refractivity contribution in [2.45, 2.75) is 44.2 Å². The number of carbonyl (C=O) groups is 2. The normalized spacial score (nSPS) is 18.2. The Bertz CT molecular complexity index is 825. The lowest BCUT2D eigenvalue weighted by molar-refractivity contribution is -0.133. The SMILES string of the molecule is CNC(=O)c1cn(CC2CC(F)(F)CN2C(=O)CCCc2ccccc2)nn1. The molecule has 3 rings (SSSR count). The summed E-state index contributed by atoms with van der Waals surface area (Å²) in [4.78, 5) is 25.4. The van der Waals surface area contributed by atoms with E-state index < -0.39 is 30.8 Å². The molecule has 150 valence electrons. The summed E-state index contributed by atoms with van der Waals surface area (Å²) in [7, 11) is 1.47. The summed E-state index contributed by atoms with van der Waals surface area (Å²) in [5, 5.41) is 9.97. The lowest BCUT2D eigenvalue weighted by Gasteiger charge is -2.23. The van der Waals surface area contributed by atoms with Gasteiger partial charge in [-0.2, -0.15) is 0 Å². The molecule has 0 aliphatic carbocycles. The van der Waals surface area contributed by atoms with E-state index in [2.05, 4.69) is 15.6 Å². The second-order valence-electron chi connectivity index (χ2n) is 6.98. The number of hydrogen-bond donors (Lipinski definition) is 1. The Balaban J connectivity index is 1.60. The maximum Gasteiger partial charge on any atom is 0.273 e. The van der Waals surface area contributed by atoms with Crippen LogP contribution in [0.25, 0.3) is 0 Å². The second-order valence-corrected chi connectivity index (χ2v) is 6.98. The Morgan fingerprint density at radius 2 is 2.04 bits per heavy atom. The summed E-state index contributed by atoms with van der Waals surface area (Å²) in [6.45, 7) is -0.511. The van der Waals surface area contributed by atoms with Gasteiger partial charge in [-0.3, -0.25) is 9.59 Å². The van der Waals surface area contributed by atoms with Crippen molar-refractivity contribution in [1.29, 1.82) is 0 Å². The predicted molar refractivity (Wildman–Crippen MR) is 97.9 cm³/mol. The number of alkyl halides is 2. The molecule has 9 heteroatoms. The number of amides is 2. The molecule has 7 nitrogen and oxygen atoms in total. The van der Waals surface area contributed by atoms with E-state index in [0.29, 0.717) is 6.42 Å². The molecular weight excluding hydrogens is 368 g/mol. The molecule has 1 aliphatic heterocycles. The summed E-state index contributed by atoms with van der Waals surface area (Å²) in [5.41, 5.74) is 1.22. The van der Waals surface area contributed by atoms with Crippen molar-refractivity contribution in [3.63, 3.8) is 0 Å². The number of carbonyl (C=O) groups excluding carboxylic acids is 2. The standard InChI is InChI=1S/C19H23F2N5O2/c1-22-18(28)16-12-25(24-23-16)11-15-10-19(20,21)13-26(15)17(27)9-5-8-14-6-3-2-4-7-14/h2-4,6-7,12,15H,5,8-11,13H2,1H3,(H,22,28). The van der Waals surface area contributed by atoms with Gasteiger partial charge in [-0.1, -0.05) is 35.5 Å². The number of aromatic nitrogens is 3. The van der Waals surface area contributed by atoms with Crippen LogP contribution in [0.5, 0.6) is 0 Å². The van der Waals surface area contributed by atoms with E-state index in [9.17, 15) is 18.4 Å². The topological polar surface area (TPSA) is 80.1 Å². The van der Waals surface area contributed by atoms with E-state index in [-0.39, 0.29) is 24.6 Å². The molecular formula is C19H23F2N5O2. The zero-order valence-corrected chi connectivity index (χ0v) is 15.6. The second kappa shape index (κ2) is 8.45.